The normalized spacial score (nSPS) is 27.8. The number of aromatic nitrogens is 2. The lowest BCUT2D eigenvalue weighted by Gasteiger charge is -2.44. The summed E-state index contributed by atoms with van der Waals surface area (Å²) >= 11 is 8.20. The first-order valence-electron chi connectivity index (χ1n) is 13.1. The highest BCUT2D eigenvalue weighted by Gasteiger charge is 2.54. The maximum absolute atomic E-state index is 10.4. The molecule has 1 N–H and O–H groups in total. The molecule has 5 atom stereocenters. The van der Waals surface area contributed by atoms with Gasteiger partial charge in [-0.3, -0.25) is 5.01 Å². The highest BCUT2D eigenvalue weighted by atomic mass is 35.5. The van der Waals surface area contributed by atoms with Crippen LogP contribution in [-0.4, -0.2) is 70.0 Å². The fourth-order valence-electron chi connectivity index (χ4n) is 6.64. The van der Waals surface area contributed by atoms with Crippen molar-refractivity contribution in [1.29, 1.82) is 0 Å². The summed E-state index contributed by atoms with van der Waals surface area (Å²) in [6.45, 7) is 4.35. The number of rotatable bonds is 5. The summed E-state index contributed by atoms with van der Waals surface area (Å²) < 4.78 is 7.79. The van der Waals surface area contributed by atoms with Crippen molar-refractivity contribution in [2.45, 2.75) is 70.2 Å². The quantitative estimate of drug-likeness (QED) is 0.458. The number of nitrogens with zero attached hydrogens (tertiary/aromatic N) is 5. The lowest BCUT2D eigenvalue weighted by atomic mass is 9.66. The fraction of sp³-hybridized carbons (Fsp3) is 0.536. The molecule has 1 aromatic carbocycles. The summed E-state index contributed by atoms with van der Waals surface area (Å²) in [6, 6.07) is 6.62. The van der Waals surface area contributed by atoms with E-state index in [1.807, 2.05) is 25.1 Å². The lowest BCUT2D eigenvalue weighted by molar-refractivity contribution is 0.0437. The zero-order chi connectivity index (χ0) is 26.1. The van der Waals surface area contributed by atoms with Crippen LogP contribution < -0.4 is 4.74 Å². The predicted molar refractivity (Wildman–Crippen MR) is 150 cm³/mol. The molecule has 2 aromatic heterocycles. The van der Waals surface area contributed by atoms with E-state index in [0.29, 0.717) is 17.5 Å². The van der Waals surface area contributed by atoms with Crippen LogP contribution in [0.4, 0.5) is 0 Å². The first-order valence-corrected chi connectivity index (χ1v) is 14.3. The number of hydrogen-bond acceptors (Lipinski definition) is 8. The largest absolute Gasteiger partial charge is 0.487 e. The Morgan fingerprint density at radius 2 is 2.11 bits per heavy atom. The minimum Gasteiger partial charge on any atom is -0.487 e. The molecule has 0 amide bonds. The Balaban J connectivity index is 1.38. The van der Waals surface area contributed by atoms with E-state index in [1.165, 1.54) is 5.71 Å². The molecule has 1 saturated carbocycles. The van der Waals surface area contributed by atoms with Gasteiger partial charge in [-0.25, -0.2) is 9.97 Å². The van der Waals surface area contributed by atoms with E-state index < -0.39 is 6.10 Å². The number of halogens is 1. The van der Waals surface area contributed by atoms with E-state index in [1.54, 1.807) is 17.7 Å². The summed E-state index contributed by atoms with van der Waals surface area (Å²) in [5.74, 6) is 0.853. The second-order valence-electron chi connectivity index (χ2n) is 11.2. The molecule has 1 aliphatic carbocycles. The summed E-state index contributed by atoms with van der Waals surface area (Å²) in [5.41, 5.74) is 4.89. The molecule has 4 heterocycles. The van der Waals surface area contributed by atoms with Crippen LogP contribution in [0.1, 0.15) is 56.1 Å². The summed E-state index contributed by atoms with van der Waals surface area (Å²) in [7, 11) is 6.45. The lowest BCUT2D eigenvalue weighted by Crippen LogP contribution is -2.54. The Bertz CT molecular complexity index is 1390. The minimum atomic E-state index is -0.507. The van der Waals surface area contributed by atoms with Gasteiger partial charge in [0.2, 0.25) is 0 Å². The van der Waals surface area contributed by atoms with Gasteiger partial charge in [-0.05, 0) is 58.0 Å². The molecule has 196 valence electrons. The van der Waals surface area contributed by atoms with Crippen LogP contribution in [0.3, 0.4) is 0 Å². The summed E-state index contributed by atoms with van der Waals surface area (Å²) in [4.78, 5) is 12.4. The number of aliphatic hydroxyl groups is 1. The smallest absolute Gasteiger partial charge is 0.132 e. The van der Waals surface area contributed by atoms with Crippen LogP contribution in [-0.2, 0) is 6.42 Å². The minimum absolute atomic E-state index is 0.0393. The molecule has 1 fully saturated rings. The third-order valence-corrected chi connectivity index (χ3v) is 10.0. The second-order valence-corrected chi connectivity index (χ2v) is 12.7. The second kappa shape index (κ2) is 9.19. The molecule has 7 nitrogen and oxygen atoms in total. The topological polar surface area (TPSA) is 74.1 Å². The van der Waals surface area contributed by atoms with Gasteiger partial charge in [-0.15, -0.1) is 11.3 Å². The molecule has 0 saturated heterocycles. The number of hydrazone groups is 1. The van der Waals surface area contributed by atoms with Gasteiger partial charge in [0.1, 0.15) is 18.2 Å². The number of hydrogen-bond donors (Lipinski definition) is 1. The van der Waals surface area contributed by atoms with Crippen molar-refractivity contribution >= 4 is 38.9 Å². The molecule has 3 aromatic rings. The van der Waals surface area contributed by atoms with E-state index in [4.69, 9.17) is 21.4 Å². The third-order valence-electron chi connectivity index (χ3n) is 8.57. The monoisotopic (exact) mass is 539 g/mol. The van der Waals surface area contributed by atoms with Gasteiger partial charge in [0.25, 0.3) is 0 Å². The maximum Gasteiger partial charge on any atom is 0.132 e. The Morgan fingerprint density at radius 3 is 2.86 bits per heavy atom. The molecule has 0 bridgehead atoms. The molecule has 0 radical (unpaired) electrons. The molecule has 4 unspecified atom stereocenters. The Kier molecular flexibility index (Phi) is 6.22. The fourth-order valence-corrected chi connectivity index (χ4v) is 8.07. The van der Waals surface area contributed by atoms with E-state index >= 15 is 0 Å². The molecule has 6 rings (SSSR count). The highest BCUT2D eigenvalue weighted by Crippen LogP contribution is 2.50. The standard InChI is InChI=1S/C28H34ClN5O2S/c1-6-20(35)22-12-19-26(37-22)24(31-14-30-19)18-11-16(29)9-15-10-21(36-25(15)18)27-28(2)13-17(33(3)4)7-8-23(28)32-34(27)5/h9,11-12,14,17,20-21,27,35H,6-8,10,13H2,1-5H3/t17?,20?,21-,27?,28?/m1/s1. The molecule has 2 aliphatic heterocycles. The van der Waals surface area contributed by atoms with Crippen LogP contribution in [0.2, 0.25) is 5.02 Å². The molecule has 9 heteroatoms. The Labute approximate surface area is 227 Å². The molecular formula is C28H34ClN5O2S. The van der Waals surface area contributed by atoms with Crippen molar-refractivity contribution < 1.29 is 9.84 Å². The number of ether oxygens (including phenoxy) is 1. The zero-order valence-corrected chi connectivity index (χ0v) is 23.6. The number of fused-ring (bicyclic) bond motifs is 3. The van der Waals surface area contributed by atoms with Crippen LogP contribution >= 0.6 is 22.9 Å². The number of benzene rings is 1. The van der Waals surface area contributed by atoms with Crippen molar-refractivity contribution in [3.8, 4) is 17.0 Å². The van der Waals surface area contributed by atoms with Gasteiger partial charge >= 0.3 is 0 Å². The van der Waals surface area contributed by atoms with Crippen molar-refractivity contribution in [3.05, 3.63) is 40.0 Å². The van der Waals surface area contributed by atoms with Crippen LogP contribution in [0, 0.1) is 5.41 Å². The summed E-state index contributed by atoms with van der Waals surface area (Å²) in [5, 5.41) is 18.3. The number of likely N-dealkylation sites (N-methyl/N-ethyl adjacent to an activating group) is 1. The first-order chi connectivity index (χ1) is 17.7. The van der Waals surface area contributed by atoms with Crippen LogP contribution in [0.15, 0.2) is 29.6 Å². The predicted octanol–water partition coefficient (Wildman–Crippen LogP) is 5.55. The van der Waals surface area contributed by atoms with E-state index in [-0.39, 0.29) is 17.6 Å². The van der Waals surface area contributed by atoms with E-state index in [0.717, 1.165) is 63.3 Å². The third kappa shape index (κ3) is 4.04. The van der Waals surface area contributed by atoms with Crippen LogP contribution in [0.5, 0.6) is 5.75 Å². The van der Waals surface area contributed by atoms with Crippen molar-refractivity contribution in [2.24, 2.45) is 10.5 Å². The van der Waals surface area contributed by atoms with Gasteiger partial charge in [0.05, 0.1) is 28.1 Å². The van der Waals surface area contributed by atoms with Crippen molar-refractivity contribution in [1.82, 2.24) is 19.9 Å². The SMILES string of the molecule is CCC(O)c1cc2ncnc(-c3cc(Cl)cc4c3O[C@@H](C3N(C)N=C5CCC(N(C)C)CC53C)C4)c2s1. The highest BCUT2D eigenvalue weighted by molar-refractivity contribution is 7.19. The first kappa shape index (κ1) is 25.0. The Hall–Kier alpha value is -2.26. The maximum atomic E-state index is 10.4. The molecule has 3 aliphatic rings. The average Bonchev–Trinajstić information content (AvgIpc) is 3.54. The average molecular weight is 540 g/mol. The van der Waals surface area contributed by atoms with Crippen LogP contribution in [0.25, 0.3) is 21.5 Å². The van der Waals surface area contributed by atoms with Gasteiger partial charge in [0, 0.05) is 51.7 Å². The molecular weight excluding hydrogens is 506 g/mol. The van der Waals surface area contributed by atoms with Crippen molar-refractivity contribution in [2.75, 3.05) is 21.1 Å². The van der Waals surface area contributed by atoms with Gasteiger partial charge < -0.3 is 14.7 Å². The van der Waals surface area contributed by atoms with E-state index in [2.05, 4.69) is 47.9 Å². The van der Waals surface area contributed by atoms with Gasteiger partial charge in [-0.2, -0.15) is 5.10 Å². The molecule has 37 heavy (non-hydrogen) atoms. The molecule has 0 spiro atoms. The van der Waals surface area contributed by atoms with E-state index in [9.17, 15) is 5.11 Å². The van der Waals surface area contributed by atoms with Gasteiger partial charge in [0.15, 0.2) is 0 Å². The number of aliphatic hydroxyl groups excluding tert-OH is 1. The van der Waals surface area contributed by atoms with Crippen molar-refractivity contribution in [3.63, 3.8) is 0 Å². The zero-order valence-electron chi connectivity index (χ0n) is 22.0. The van der Waals surface area contributed by atoms with Gasteiger partial charge in [-0.1, -0.05) is 25.4 Å². The Morgan fingerprint density at radius 1 is 1.30 bits per heavy atom. The number of thiophene rings is 1. The summed E-state index contributed by atoms with van der Waals surface area (Å²) in [6.07, 6.45) is 5.71.